The maximum Gasteiger partial charge on any atom is 0.153 e. The number of hydrogen-bond donors (Lipinski definition) is 1. The van der Waals surface area contributed by atoms with Crippen molar-refractivity contribution in [1.82, 2.24) is 0 Å². The zero-order valence-electron chi connectivity index (χ0n) is 11.0. The molecule has 18 heavy (non-hydrogen) atoms. The number of sulfone groups is 1. The van der Waals surface area contributed by atoms with Crippen molar-refractivity contribution in [2.45, 2.75) is 26.8 Å². The van der Waals surface area contributed by atoms with E-state index in [1.54, 1.807) is 0 Å². The molecule has 1 aromatic rings. The first kappa shape index (κ1) is 15.0. The predicted molar refractivity (Wildman–Crippen MR) is 73.5 cm³/mol. The van der Waals surface area contributed by atoms with Crippen LogP contribution in [-0.4, -0.2) is 26.5 Å². The highest BCUT2D eigenvalue weighted by Gasteiger charge is 2.10. The summed E-state index contributed by atoms with van der Waals surface area (Å²) in [5.41, 5.74) is 7.52. The third kappa shape index (κ3) is 4.66. The average Bonchev–Trinajstić information content (AvgIpc) is 2.31. The molecule has 5 heteroatoms. The number of benzene rings is 1. The Morgan fingerprint density at radius 3 is 2.61 bits per heavy atom. The molecule has 0 aliphatic carbocycles. The summed E-state index contributed by atoms with van der Waals surface area (Å²) in [4.78, 5) is 0. The van der Waals surface area contributed by atoms with Crippen LogP contribution in [0.4, 0.5) is 0 Å². The summed E-state index contributed by atoms with van der Waals surface area (Å²) in [6.45, 7) is 4.42. The standard InChI is InChI=1S/C13H21NO3S/c1-3-7-18(15,16)8-6-17-13-9-12(10-14)5-4-11(13)2/h4-5,9H,3,6-8,10,14H2,1-2H3. The molecule has 4 nitrogen and oxygen atoms in total. The third-order valence-electron chi connectivity index (χ3n) is 2.66. The van der Waals surface area contributed by atoms with Gasteiger partial charge in [0.25, 0.3) is 0 Å². The minimum atomic E-state index is -2.98. The molecule has 0 atom stereocenters. The molecule has 0 spiro atoms. The van der Waals surface area contributed by atoms with Crippen LogP contribution in [0.3, 0.4) is 0 Å². The first-order valence-corrected chi connectivity index (χ1v) is 7.93. The van der Waals surface area contributed by atoms with E-state index >= 15 is 0 Å². The number of nitrogens with two attached hydrogens (primary N) is 1. The van der Waals surface area contributed by atoms with Gasteiger partial charge in [-0.2, -0.15) is 0 Å². The van der Waals surface area contributed by atoms with Crippen LogP contribution in [0.15, 0.2) is 18.2 Å². The van der Waals surface area contributed by atoms with Crippen LogP contribution in [0.1, 0.15) is 24.5 Å². The Morgan fingerprint density at radius 1 is 1.28 bits per heavy atom. The van der Waals surface area contributed by atoms with E-state index in [1.807, 2.05) is 32.0 Å². The normalized spacial score (nSPS) is 11.5. The molecule has 0 aliphatic rings. The van der Waals surface area contributed by atoms with Crippen LogP contribution < -0.4 is 10.5 Å². The van der Waals surface area contributed by atoms with Crippen molar-refractivity contribution in [1.29, 1.82) is 0 Å². The van der Waals surface area contributed by atoms with Crippen molar-refractivity contribution >= 4 is 9.84 Å². The lowest BCUT2D eigenvalue weighted by Gasteiger charge is -2.10. The molecule has 1 aromatic carbocycles. The molecule has 0 saturated heterocycles. The van der Waals surface area contributed by atoms with Gasteiger partial charge in [-0.3, -0.25) is 0 Å². The fraction of sp³-hybridized carbons (Fsp3) is 0.538. The van der Waals surface area contributed by atoms with Gasteiger partial charge in [-0.1, -0.05) is 19.1 Å². The second-order valence-electron chi connectivity index (χ2n) is 4.30. The molecule has 0 heterocycles. The quantitative estimate of drug-likeness (QED) is 0.819. The first-order chi connectivity index (χ1) is 8.48. The van der Waals surface area contributed by atoms with Gasteiger partial charge in [-0.15, -0.1) is 0 Å². The third-order valence-corrected chi connectivity index (χ3v) is 4.47. The molecule has 0 aliphatic heterocycles. The minimum Gasteiger partial charge on any atom is -0.492 e. The van der Waals surface area contributed by atoms with Gasteiger partial charge in [0.05, 0.1) is 11.5 Å². The van der Waals surface area contributed by atoms with Gasteiger partial charge in [0, 0.05) is 6.54 Å². The Labute approximate surface area is 109 Å². The van der Waals surface area contributed by atoms with Crippen LogP contribution >= 0.6 is 0 Å². The van der Waals surface area contributed by atoms with Crippen molar-refractivity contribution < 1.29 is 13.2 Å². The van der Waals surface area contributed by atoms with E-state index in [-0.39, 0.29) is 18.1 Å². The highest BCUT2D eigenvalue weighted by Crippen LogP contribution is 2.19. The maximum absolute atomic E-state index is 11.5. The largest absolute Gasteiger partial charge is 0.492 e. The second-order valence-corrected chi connectivity index (χ2v) is 6.61. The lowest BCUT2D eigenvalue weighted by Crippen LogP contribution is -2.17. The fourth-order valence-corrected chi connectivity index (χ4v) is 2.78. The van der Waals surface area contributed by atoms with Gasteiger partial charge in [-0.05, 0) is 30.5 Å². The van der Waals surface area contributed by atoms with Crippen LogP contribution in [-0.2, 0) is 16.4 Å². The molecular weight excluding hydrogens is 250 g/mol. The van der Waals surface area contributed by atoms with Crippen LogP contribution in [0.2, 0.25) is 0 Å². The zero-order valence-corrected chi connectivity index (χ0v) is 11.8. The lowest BCUT2D eigenvalue weighted by molar-refractivity contribution is 0.338. The SMILES string of the molecule is CCCS(=O)(=O)CCOc1cc(CN)ccc1C. The van der Waals surface area contributed by atoms with Crippen molar-refractivity contribution in [3.63, 3.8) is 0 Å². The molecule has 0 unspecified atom stereocenters. The lowest BCUT2D eigenvalue weighted by atomic mass is 10.1. The number of ether oxygens (including phenoxy) is 1. The molecule has 0 bridgehead atoms. The van der Waals surface area contributed by atoms with E-state index in [0.717, 1.165) is 11.1 Å². The van der Waals surface area contributed by atoms with Gasteiger partial charge in [0.1, 0.15) is 12.4 Å². The summed E-state index contributed by atoms with van der Waals surface area (Å²) >= 11 is 0. The maximum atomic E-state index is 11.5. The topological polar surface area (TPSA) is 69.4 Å². The highest BCUT2D eigenvalue weighted by atomic mass is 32.2. The van der Waals surface area contributed by atoms with Crippen molar-refractivity contribution in [2.75, 3.05) is 18.1 Å². The van der Waals surface area contributed by atoms with Gasteiger partial charge in [0.2, 0.25) is 0 Å². The van der Waals surface area contributed by atoms with E-state index in [1.165, 1.54) is 0 Å². The first-order valence-electron chi connectivity index (χ1n) is 6.11. The minimum absolute atomic E-state index is 0.0626. The summed E-state index contributed by atoms with van der Waals surface area (Å²) in [5.74, 6) is 0.996. The van der Waals surface area contributed by atoms with E-state index in [2.05, 4.69) is 0 Å². The predicted octanol–water partition coefficient (Wildman–Crippen LogP) is 1.66. The van der Waals surface area contributed by atoms with Gasteiger partial charge < -0.3 is 10.5 Å². The molecule has 0 radical (unpaired) electrons. The van der Waals surface area contributed by atoms with Crippen LogP contribution in [0.25, 0.3) is 0 Å². The monoisotopic (exact) mass is 271 g/mol. The highest BCUT2D eigenvalue weighted by molar-refractivity contribution is 7.91. The molecular formula is C13H21NO3S. The van der Waals surface area contributed by atoms with Crippen LogP contribution in [0, 0.1) is 6.92 Å². The number of rotatable bonds is 7. The Balaban J connectivity index is 2.58. The number of hydrogen-bond acceptors (Lipinski definition) is 4. The molecule has 102 valence electrons. The van der Waals surface area contributed by atoms with Crippen molar-refractivity contribution in [2.24, 2.45) is 5.73 Å². The number of aryl methyl sites for hydroxylation is 1. The van der Waals surface area contributed by atoms with Gasteiger partial charge in [-0.25, -0.2) is 8.42 Å². The molecule has 0 fully saturated rings. The Bertz CT molecular complexity index is 483. The zero-order chi connectivity index (χ0) is 13.6. The summed E-state index contributed by atoms with van der Waals surface area (Å²) in [6, 6.07) is 5.73. The Morgan fingerprint density at radius 2 is 2.00 bits per heavy atom. The average molecular weight is 271 g/mol. The van der Waals surface area contributed by atoms with E-state index < -0.39 is 9.84 Å². The smallest absolute Gasteiger partial charge is 0.153 e. The summed E-state index contributed by atoms with van der Waals surface area (Å²) < 4.78 is 28.6. The molecule has 0 aromatic heterocycles. The molecule has 1 rings (SSSR count). The van der Waals surface area contributed by atoms with Crippen LogP contribution in [0.5, 0.6) is 5.75 Å². The molecule has 0 amide bonds. The summed E-state index contributed by atoms with van der Waals surface area (Å²) in [7, 11) is -2.98. The van der Waals surface area contributed by atoms with Gasteiger partial charge >= 0.3 is 0 Å². The van der Waals surface area contributed by atoms with Gasteiger partial charge in [0.15, 0.2) is 9.84 Å². The Hall–Kier alpha value is -1.07. The fourth-order valence-electron chi connectivity index (χ4n) is 1.62. The second kappa shape index (κ2) is 6.75. The molecule has 0 saturated carbocycles. The summed E-state index contributed by atoms with van der Waals surface area (Å²) in [5, 5.41) is 0. The van der Waals surface area contributed by atoms with E-state index in [4.69, 9.17) is 10.5 Å². The van der Waals surface area contributed by atoms with E-state index in [9.17, 15) is 8.42 Å². The summed E-state index contributed by atoms with van der Waals surface area (Å²) in [6.07, 6.45) is 0.643. The Kier molecular flexibility index (Phi) is 5.62. The van der Waals surface area contributed by atoms with E-state index in [0.29, 0.717) is 18.7 Å². The molecule has 2 N–H and O–H groups in total. The van der Waals surface area contributed by atoms with Crippen molar-refractivity contribution in [3.8, 4) is 5.75 Å². The van der Waals surface area contributed by atoms with Crippen molar-refractivity contribution in [3.05, 3.63) is 29.3 Å².